The number of anilines is 3. The minimum atomic E-state index is -0.544. The molecule has 0 fully saturated rings. The minimum absolute atomic E-state index is 0.117. The largest absolute Gasteiger partial charge is 0.310 e. The number of aromatic nitrogens is 1. The summed E-state index contributed by atoms with van der Waals surface area (Å²) < 4.78 is 2.44. The lowest BCUT2D eigenvalue weighted by atomic mass is 9.67. The highest BCUT2D eigenvalue weighted by atomic mass is 15.1. The summed E-state index contributed by atoms with van der Waals surface area (Å²) >= 11 is 0. The molecule has 400 valence electrons. The van der Waals surface area contributed by atoms with Crippen LogP contribution in [0, 0.1) is 0 Å². The molecular weight excluding hydrogens is 1020 g/mol. The van der Waals surface area contributed by atoms with Crippen LogP contribution in [0.15, 0.2) is 315 Å². The second-order valence-electron chi connectivity index (χ2n) is 23.9. The second-order valence-corrected chi connectivity index (χ2v) is 23.9. The number of benzene rings is 13. The topological polar surface area (TPSA) is 8.17 Å². The second kappa shape index (κ2) is 18.7. The maximum Gasteiger partial charge on any atom is 0.0714 e. The highest BCUT2D eigenvalue weighted by molar-refractivity contribution is 6.11. The van der Waals surface area contributed by atoms with Gasteiger partial charge in [0.25, 0.3) is 0 Å². The third-order valence-electron chi connectivity index (χ3n) is 19.4. The van der Waals surface area contributed by atoms with Crippen LogP contribution in [0.5, 0.6) is 0 Å². The maximum atomic E-state index is 2.50. The van der Waals surface area contributed by atoms with E-state index < -0.39 is 10.8 Å². The molecule has 0 spiro atoms. The van der Waals surface area contributed by atoms with Gasteiger partial charge in [-0.3, -0.25) is 0 Å². The first kappa shape index (κ1) is 49.1. The van der Waals surface area contributed by atoms with Crippen molar-refractivity contribution in [3.63, 3.8) is 0 Å². The van der Waals surface area contributed by atoms with Gasteiger partial charge in [0.1, 0.15) is 0 Å². The Hall–Kier alpha value is -10.5. The van der Waals surface area contributed by atoms with Gasteiger partial charge in [0.2, 0.25) is 0 Å². The van der Waals surface area contributed by atoms with Crippen LogP contribution in [0.3, 0.4) is 0 Å². The molecule has 0 atom stereocenters. The lowest BCUT2D eigenvalue weighted by molar-refractivity contribution is 0.660. The number of fused-ring (bicyclic) bond motifs is 12. The molecule has 1 aromatic heterocycles. The van der Waals surface area contributed by atoms with Crippen LogP contribution >= 0.6 is 0 Å². The SMILES string of the molecule is CC1(C)c2ccccc2-c2cc(N(c3ccc(-c4ccc5c(c4)c4cc(C6(c7ccccc7)c7ccccc7-c7ccccc76)ccc4n5-c4ccccc4)cc3)c3ccc4c(c3)C(c3ccccc3)(c3ccccc3)c3ccccc3-4)ccc21. The van der Waals surface area contributed by atoms with E-state index in [4.69, 9.17) is 0 Å². The fraction of sp³-hybridized carbons (Fsp3) is 0.0602. The fourth-order valence-electron chi connectivity index (χ4n) is 15.7. The van der Waals surface area contributed by atoms with Crippen molar-refractivity contribution in [2.45, 2.75) is 30.1 Å². The molecule has 0 radical (unpaired) electrons. The average Bonchev–Trinajstić information content (AvgIpc) is 1.62. The van der Waals surface area contributed by atoms with Crippen molar-refractivity contribution in [3.05, 3.63) is 371 Å². The molecule has 1 heterocycles. The van der Waals surface area contributed by atoms with Gasteiger partial charge in [-0.25, -0.2) is 0 Å². The van der Waals surface area contributed by atoms with E-state index in [0.717, 1.165) is 28.3 Å². The third kappa shape index (κ3) is 7.00. The first-order chi connectivity index (χ1) is 41.9. The number of rotatable bonds is 9. The Balaban J connectivity index is 0.849. The van der Waals surface area contributed by atoms with Crippen molar-refractivity contribution in [1.82, 2.24) is 4.57 Å². The Bertz CT molecular complexity index is 4870. The molecule has 0 bridgehead atoms. The van der Waals surface area contributed by atoms with Crippen LogP contribution in [-0.4, -0.2) is 4.57 Å². The highest BCUT2D eigenvalue weighted by Gasteiger charge is 2.48. The highest BCUT2D eigenvalue weighted by Crippen LogP contribution is 2.59. The third-order valence-corrected chi connectivity index (χ3v) is 19.4. The lowest BCUT2D eigenvalue weighted by Gasteiger charge is -2.35. The van der Waals surface area contributed by atoms with Gasteiger partial charge in [-0.15, -0.1) is 0 Å². The Morgan fingerprint density at radius 1 is 0.259 bits per heavy atom. The zero-order valence-electron chi connectivity index (χ0n) is 47.4. The summed E-state index contributed by atoms with van der Waals surface area (Å²) in [6.07, 6.45) is 0. The standard InChI is InChI=1S/C83H58N2/c1-81(2)73-35-19-15-34-68(73)70-53-63(46-48-74(70)81)84(64-45-47-69-67-33-18-20-36-75(67)82(78(69)54-64,57-23-7-3-8-24-57)58-25-9-4-10-26-58)62-43-39-55(40-44-62)56-41-49-79-71(51-56)72-52-60(42-50-80(72)85(79)61-29-13-6-14-30-61)83(59-27-11-5-12-28-59)76-37-21-16-31-65(76)66-32-17-22-38-77(66)83/h3-54H,1-2H3. The summed E-state index contributed by atoms with van der Waals surface area (Å²) in [5.41, 5.74) is 28.6. The predicted octanol–water partition coefficient (Wildman–Crippen LogP) is 21.0. The van der Waals surface area contributed by atoms with Gasteiger partial charge in [0.15, 0.2) is 0 Å². The molecule has 3 aliphatic carbocycles. The quantitative estimate of drug-likeness (QED) is 0.140. The number of hydrogen-bond donors (Lipinski definition) is 0. The molecule has 2 heteroatoms. The van der Waals surface area contributed by atoms with E-state index in [1.807, 2.05) is 0 Å². The first-order valence-corrected chi connectivity index (χ1v) is 29.8. The van der Waals surface area contributed by atoms with Crippen LogP contribution in [0.1, 0.15) is 69.5 Å². The summed E-state index contributed by atoms with van der Waals surface area (Å²) in [6, 6.07) is 118. The zero-order chi connectivity index (χ0) is 56.4. The monoisotopic (exact) mass is 1080 g/mol. The van der Waals surface area contributed by atoms with E-state index in [2.05, 4.69) is 339 Å². The van der Waals surface area contributed by atoms with E-state index in [-0.39, 0.29) is 5.41 Å². The van der Waals surface area contributed by atoms with Gasteiger partial charge < -0.3 is 9.47 Å². The Morgan fingerprint density at radius 3 is 1.22 bits per heavy atom. The molecular formula is C83H58N2. The van der Waals surface area contributed by atoms with Crippen LogP contribution in [0.25, 0.3) is 72.0 Å². The van der Waals surface area contributed by atoms with Gasteiger partial charge in [0, 0.05) is 38.9 Å². The van der Waals surface area contributed by atoms with E-state index in [0.29, 0.717) is 0 Å². The van der Waals surface area contributed by atoms with Gasteiger partial charge in [0.05, 0.1) is 21.9 Å². The summed E-state index contributed by atoms with van der Waals surface area (Å²) in [5.74, 6) is 0. The number of hydrogen-bond acceptors (Lipinski definition) is 1. The zero-order valence-corrected chi connectivity index (χ0v) is 47.4. The molecule has 14 aromatic rings. The van der Waals surface area contributed by atoms with Crippen molar-refractivity contribution >= 4 is 38.9 Å². The molecule has 13 aromatic carbocycles. The summed E-state index contributed by atoms with van der Waals surface area (Å²) in [7, 11) is 0. The normalized spacial score (nSPS) is 14.3. The molecule has 0 saturated carbocycles. The Labute approximate surface area is 496 Å². The fourth-order valence-corrected chi connectivity index (χ4v) is 15.7. The Morgan fingerprint density at radius 2 is 0.659 bits per heavy atom. The van der Waals surface area contributed by atoms with Crippen LogP contribution in [0.4, 0.5) is 17.1 Å². The van der Waals surface area contributed by atoms with Crippen LogP contribution in [-0.2, 0) is 16.2 Å². The summed E-state index contributed by atoms with van der Waals surface area (Å²) in [4.78, 5) is 2.49. The first-order valence-electron chi connectivity index (χ1n) is 29.8. The number of nitrogens with zero attached hydrogens (tertiary/aromatic N) is 2. The van der Waals surface area contributed by atoms with Crippen LogP contribution < -0.4 is 4.90 Å². The van der Waals surface area contributed by atoms with Crippen molar-refractivity contribution in [3.8, 4) is 50.2 Å². The molecule has 3 aliphatic rings. The van der Waals surface area contributed by atoms with Crippen LogP contribution in [0.2, 0.25) is 0 Å². The van der Waals surface area contributed by atoms with Crippen molar-refractivity contribution in [1.29, 1.82) is 0 Å². The number of para-hydroxylation sites is 1. The predicted molar refractivity (Wildman–Crippen MR) is 353 cm³/mol. The van der Waals surface area contributed by atoms with E-state index in [9.17, 15) is 0 Å². The van der Waals surface area contributed by atoms with Gasteiger partial charge >= 0.3 is 0 Å². The van der Waals surface area contributed by atoms with Gasteiger partial charge in [-0.1, -0.05) is 257 Å². The molecule has 17 rings (SSSR count). The molecule has 0 amide bonds. The van der Waals surface area contributed by atoms with E-state index in [1.165, 1.54) is 116 Å². The minimum Gasteiger partial charge on any atom is -0.310 e. The molecule has 0 N–H and O–H groups in total. The smallest absolute Gasteiger partial charge is 0.0714 e. The van der Waals surface area contributed by atoms with Crippen molar-refractivity contribution in [2.24, 2.45) is 0 Å². The van der Waals surface area contributed by atoms with Crippen molar-refractivity contribution in [2.75, 3.05) is 4.90 Å². The average molecular weight is 1080 g/mol. The molecule has 2 nitrogen and oxygen atoms in total. The Kier molecular flexibility index (Phi) is 10.8. The maximum absolute atomic E-state index is 2.50. The molecule has 0 aliphatic heterocycles. The molecule has 0 saturated heterocycles. The molecule has 0 unspecified atom stereocenters. The van der Waals surface area contributed by atoms with Crippen molar-refractivity contribution < 1.29 is 0 Å². The van der Waals surface area contributed by atoms with Gasteiger partial charge in [-0.2, -0.15) is 0 Å². The van der Waals surface area contributed by atoms with E-state index >= 15 is 0 Å². The summed E-state index contributed by atoms with van der Waals surface area (Å²) in [5, 5.41) is 2.44. The lowest BCUT2D eigenvalue weighted by Crippen LogP contribution is -2.28. The van der Waals surface area contributed by atoms with Gasteiger partial charge in [-0.05, 0) is 173 Å². The molecule has 85 heavy (non-hydrogen) atoms. The summed E-state index contributed by atoms with van der Waals surface area (Å²) in [6.45, 7) is 4.73. The van der Waals surface area contributed by atoms with E-state index in [1.54, 1.807) is 0 Å².